The summed E-state index contributed by atoms with van der Waals surface area (Å²) in [7, 11) is 1.72. The van der Waals surface area contributed by atoms with Crippen LogP contribution in [-0.2, 0) is 26.3 Å². The Balaban J connectivity index is 1.50. The van der Waals surface area contributed by atoms with Crippen LogP contribution in [0.2, 0.25) is 0 Å². The molecule has 26 heavy (non-hydrogen) atoms. The highest BCUT2D eigenvalue weighted by Gasteiger charge is 2.44. The van der Waals surface area contributed by atoms with Gasteiger partial charge < -0.3 is 24.4 Å². The minimum Gasteiger partial charge on any atom is -0.496 e. The molecule has 0 saturated carbocycles. The second-order valence-corrected chi connectivity index (χ2v) is 7.39. The molecule has 1 N–H and O–H groups in total. The molecule has 6 heteroatoms. The number of methoxy groups -OCH3 is 1. The number of likely N-dealkylation sites (tertiary alicyclic amines) is 1. The first kappa shape index (κ1) is 17.8. The fourth-order valence-electron chi connectivity index (χ4n) is 4.51. The van der Waals surface area contributed by atoms with E-state index in [0.717, 1.165) is 38.2 Å². The lowest BCUT2D eigenvalue weighted by molar-refractivity contribution is -0.146. The molecule has 1 aromatic rings. The molecule has 1 aromatic carbocycles. The van der Waals surface area contributed by atoms with Crippen molar-refractivity contribution < 1.29 is 19.0 Å². The highest BCUT2D eigenvalue weighted by molar-refractivity contribution is 5.79. The van der Waals surface area contributed by atoms with Crippen LogP contribution in [0.4, 0.5) is 0 Å². The molecule has 1 amide bonds. The van der Waals surface area contributed by atoms with Gasteiger partial charge in [-0.05, 0) is 30.9 Å². The van der Waals surface area contributed by atoms with Crippen LogP contribution in [0.1, 0.15) is 24.0 Å². The molecule has 3 aliphatic heterocycles. The maximum Gasteiger partial charge on any atom is 0.229 e. The lowest BCUT2D eigenvalue weighted by Crippen LogP contribution is -2.51. The summed E-state index contributed by atoms with van der Waals surface area (Å²) < 4.78 is 17.5. The van der Waals surface area contributed by atoms with Gasteiger partial charge in [-0.15, -0.1) is 0 Å². The fourth-order valence-corrected chi connectivity index (χ4v) is 4.51. The van der Waals surface area contributed by atoms with E-state index in [1.165, 1.54) is 11.1 Å². The van der Waals surface area contributed by atoms with Crippen molar-refractivity contribution in [2.45, 2.75) is 24.9 Å². The summed E-state index contributed by atoms with van der Waals surface area (Å²) in [5.74, 6) is 1.02. The van der Waals surface area contributed by atoms with Gasteiger partial charge in [0.2, 0.25) is 5.91 Å². The van der Waals surface area contributed by atoms with Crippen LogP contribution in [0.5, 0.6) is 5.75 Å². The predicted octanol–water partition coefficient (Wildman–Crippen LogP) is 1.32. The van der Waals surface area contributed by atoms with Gasteiger partial charge in [0, 0.05) is 31.7 Å². The summed E-state index contributed by atoms with van der Waals surface area (Å²) in [6, 6.07) is 6.24. The zero-order valence-corrected chi connectivity index (χ0v) is 15.5. The number of hydrogen-bond acceptors (Lipinski definition) is 5. The summed E-state index contributed by atoms with van der Waals surface area (Å²) >= 11 is 0. The van der Waals surface area contributed by atoms with Gasteiger partial charge in [0.25, 0.3) is 0 Å². The van der Waals surface area contributed by atoms with Crippen molar-refractivity contribution in [3.8, 4) is 5.75 Å². The number of amides is 1. The standard InChI is InChI=1S/C20H28N2O4/c1-24-17-4-2-3-15-5-11-26-20(18(15)17)6-9-22(10-7-20)19(23)16-13-21-8-12-25-14-16/h2-4,16,21H,5-14H2,1H3. The Morgan fingerprint density at radius 3 is 2.96 bits per heavy atom. The predicted molar refractivity (Wildman–Crippen MR) is 97.3 cm³/mol. The van der Waals surface area contributed by atoms with Crippen molar-refractivity contribution in [1.82, 2.24) is 10.2 Å². The Hall–Kier alpha value is -1.63. The van der Waals surface area contributed by atoms with Crippen LogP contribution >= 0.6 is 0 Å². The number of fused-ring (bicyclic) bond motifs is 2. The molecule has 3 heterocycles. The molecule has 2 saturated heterocycles. The lowest BCUT2D eigenvalue weighted by atomic mass is 9.78. The molecule has 3 aliphatic rings. The highest BCUT2D eigenvalue weighted by Crippen LogP contribution is 2.45. The van der Waals surface area contributed by atoms with Crippen LogP contribution in [0.3, 0.4) is 0 Å². The third kappa shape index (κ3) is 3.21. The Morgan fingerprint density at radius 1 is 1.31 bits per heavy atom. The smallest absolute Gasteiger partial charge is 0.229 e. The topological polar surface area (TPSA) is 60.0 Å². The largest absolute Gasteiger partial charge is 0.496 e. The number of benzene rings is 1. The summed E-state index contributed by atoms with van der Waals surface area (Å²) in [6.45, 7) is 4.87. The van der Waals surface area contributed by atoms with Crippen molar-refractivity contribution >= 4 is 5.91 Å². The summed E-state index contributed by atoms with van der Waals surface area (Å²) in [5, 5.41) is 3.29. The molecule has 1 spiro atoms. The number of piperidine rings is 1. The summed E-state index contributed by atoms with van der Waals surface area (Å²) in [6.07, 6.45) is 2.54. The quantitative estimate of drug-likeness (QED) is 0.862. The molecule has 0 bridgehead atoms. The van der Waals surface area contributed by atoms with E-state index in [0.29, 0.717) is 32.8 Å². The van der Waals surface area contributed by atoms with E-state index in [2.05, 4.69) is 17.4 Å². The van der Waals surface area contributed by atoms with E-state index in [1.807, 2.05) is 11.0 Å². The normalized spacial score (nSPS) is 25.4. The van der Waals surface area contributed by atoms with Crippen molar-refractivity contribution in [3.05, 3.63) is 29.3 Å². The number of rotatable bonds is 2. The molecule has 0 aliphatic carbocycles. The number of nitrogens with one attached hydrogen (secondary N) is 1. The molecule has 2 fully saturated rings. The van der Waals surface area contributed by atoms with Crippen LogP contribution in [-0.4, -0.2) is 63.9 Å². The van der Waals surface area contributed by atoms with E-state index >= 15 is 0 Å². The van der Waals surface area contributed by atoms with Gasteiger partial charge in [-0.25, -0.2) is 0 Å². The molecule has 4 rings (SSSR count). The minimum atomic E-state index is -0.324. The zero-order valence-electron chi connectivity index (χ0n) is 15.5. The SMILES string of the molecule is COc1cccc2c1C1(CCN(C(=O)C3CNCCOC3)CC1)OCC2. The monoisotopic (exact) mass is 360 g/mol. The third-order valence-electron chi connectivity index (χ3n) is 5.90. The number of carbonyl (C=O) groups is 1. The van der Waals surface area contributed by atoms with Crippen LogP contribution in [0.15, 0.2) is 18.2 Å². The first-order valence-electron chi connectivity index (χ1n) is 9.61. The van der Waals surface area contributed by atoms with Gasteiger partial charge in [0.05, 0.1) is 32.8 Å². The Kier molecular flexibility index (Phi) is 5.16. The van der Waals surface area contributed by atoms with Crippen molar-refractivity contribution in [1.29, 1.82) is 0 Å². The van der Waals surface area contributed by atoms with Gasteiger partial charge in [-0.1, -0.05) is 12.1 Å². The number of ether oxygens (including phenoxy) is 3. The molecule has 1 unspecified atom stereocenters. The van der Waals surface area contributed by atoms with Gasteiger partial charge in [-0.3, -0.25) is 4.79 Å². The molecular weight excluding hydrogens is 332 g/mol. The van der Waals surface area contributed by atoms with Crippen molar-refractivity contribution in [2.24, 2.45) is 5.92 Å². The molecule has 0 radical (unpaired) electrons. The van der Waals surface area contributed by atoms with Crippen molar-refractivity contribution in [3.63, 3.8) is 0 Å². The summed E-state index contributed by atoms with van der Waals surface area (Å²) in [4.78, 5) is 14.9. The first-order chi connectivity index (χ1) is 12.7. The maximum atomic E-state index is 12.9. The van der Waals surface area contributed by atoms with Gasteiger partial charge in [-0.2, -0.15) is 0 Å². The average molecular weight is 360 g/mol. The summed E-state index contributed by atoms with van der Waals surface area (Å²) in [5.41, 5.74) is 2.19. The third-order valence-corrected chi connectivity index (χ3v) is 5.90. The van der Waals surface area contributed by atoms with Gasteiger partial charge in [0.15, 0.2) is 0 Å². The minimum absolute atomic E-state index is 0.0827. The zero-order chi connectivity index (χ0) is 18.0. The van der Waals surface area contributed by atoms with Crippen LogP contribution < -0.4 is 10.1 Å². The molecule has 142 valence electrons. The number of hydrogen-bond donors (Lipinski definition) is 1. The van der Waals surface area contributed by atoms with E-state index in [1.54, 1.807) is 7.11 Å². The number of carbonyl (C=O) groups excluding carboxylic acids is 1. The second kappa shape index (κ2) is 7.55. The average Bonchev–Trinajstić information content (AvgIpc) is 2.97. The lowest BCUT2D eigenvalue weighted by Gasteiger charge is -2.46. The first-order valence-corrected chi connectivity index (χ1v) is 9.61. The van der Waals surface area contributed by atoms with E-state index in [9.17, 15) is 4.79 Å². The Labute approximate surface area is 154 Å². The van der Waals surface area contributed by atoms with Gasteiger partial charge in [0.1, 0.15) is 11.4 Å². The van der Waals surface area contributed by atoms with Crippen molar-refractivity contribution in [2.75, 3.05) is 53.1 Å². The second-order valence-electron chi connectivity index (χ2n) is 7.39. The fraction of sp³-hybridized carbons (Fsp3) is 0.650. The molecular formula is C20H28N2O4. The Morgan fingerprint density at radius 2 is 2.15 bits per heavy atom. The molecule has 1 atom stereocenters. The molecule has 6 nitrogen and oxygen atoms in total. The highest BCUT2D eigenvalue weighted by atomic mass is 16.5. The van der Waals surface area contributed by atoms with E-state index in [-0.39, 0.29) is 17.4 Å². The Bertz CT molecular complexity index is 633. The van der Waals surface area contributed by atoms with E-state index in [4.69, 9.17) is 14.2 Å². The van der Waals surface area contributed by atoms with Crippen LogP contribution in [0, 0.1) is 5.92 Å². The van der Waals surface area contributed by atoms with Crippen LogP contribution in [0.25, 0.3) is 0 Å². The number of nitrogens with zero attached hydrogens (tertiary/aromatic N) is 1. The molecule has 0 aromatic heterocycles. The maximum absolute atomic E-state index is 12.9. The van der Waals surface area contributed by atoms with Gasteiger partial charge >= 0.3 is 0 Å². The van der Waals surface area contributed by atoms with E-state index < -0.39 is 0 Å².